The van der Waals surface area contributed by atoms with E-state index in [2.05, 4.69) is 13.0 Å². The molecule has 2 aliphatic rings. The highest BCUT2D eigenvalue weighted by Crippen LogP contribution is 2.39. The van der Waals surface area contributed by atoms with E-state index in [0.29, 0.717) is 24.3 Å². The Hall–Kier alpha value is -1.96. The van der Waals surface area contributed by atoms with Crippen molar-refractivity contribution in [2.24, 2.45) is 5.92 Å². The molecule has 1 saturated carbocycles. The lowest BCUT2D eigenvalue weighted by Gasteiger charge is -2.29. The summed E-state index contributed by atoms with van der Waals surface area (Å²) in [4.78, 5) is 0. The molecule has 0 atom stereocenters. The van der Waals surface area contributed by atoms with Crippen LogP contribution >= 0.6 is 0 Å². The Kier molecular flexibility index (Phi) is 6.47. The third kappa shape index (κ3) is 4.63. The van der Waals surface area contributed by atoms with Crippen LogP contribution in [0.4, 0.5) is 8.78 Å². The summed E-state index contributed by atoms with van der Waals surface area (Å²) < 4.78 is 29.0. The van der Waals surface area contributed by atoms with Crippen molar-refractivity contribution in [1.29, 1.82) is 0 Å². The molecule has 29 heavy (non-hydrogen) atoms. The summed E-state index contributed by atoms with van der Waals surface area (Å²) in [5.74, 6) is 1.09. The molecule has 0 radical (unpaired) electrons. The van der Waals surface area contributed by atoms with Gasteiger partial charge in [0.15, 0.2) is 0 Å². The first-order chi connectivity index (χ1) is 14.2. The minimum absolute atomic E-state index is 0.126. The SMILES string of the molecule is CCCCCC1CCC(c2ccc(C3=Cc4cccc(F)c4CC3)c(F)c2)CC1. The van der Waals surface area contributed by atoms with Crippen LogP contribution in [-0.4, -0.2) is 0 Å². The highest BCUT2D eigenvalue weighted by molar-refractivity contribution is 5.84. The zero-order valence-electron chi connectivity index (χ0n) is 17.5. The second-order valence-corrected chi connectivity index (χ2v) is 8.93. The van der Waals surface area contributed by atoms with Gasteiger partial charge in [-0.3, -0.25) is 0 Å². The van der Waals surface area contributed by atoms with Gasteiger partial charge < -0.3 is 0 Å². The van der Waals surface area contributed by atoms with Crippen molar-refractivity contribution in [2.45, 2.75) is 77.0 Å². The van der Waals surface area contributed by atoms with E-state index in [0.717, 1.165) is 28.2 Å². The summed E-state index contributed by atoms with van der Waals surface area (Å²) >= 11 is 0. The van der Waals surface area contributed by atoms with E-state index >= 15 is 4.39 Å². The van der Waals surface area contributed by atoms with E-state index in [4.69, 9.17) is 0 Å². The molecule has 0 aliphatic heterocycles. The summed E-state index contributed by atoms with van der Waals surface area (Å²) in [6.07, 6.45) is 13.6. The first-order valence-electron chi connectivity index (χ1n) is 11.4. The van der Waals surface area contributed by atoms with Gasteiger partial charge in [0.1, 0.15) is 11.6 Å². The smallest absolute Gasteiger partial charge is 0.130 e. The molecular weight excluding hydrogens is 362 g/mol. The van der Waals surface area contributed by atoms with Crippen LogP contribution in [0.2, 0.25) is 0 Å². The third-order valence-corrected chi connectivity index (χ3v) is 7.00. The quantitative estimate of drug-likeness (QED) is 0.432. The molecule has 2 heteroatoms. The lowest BCUT2D eigenvalue weighted by molar-refractivity contribution is 0.302. The minimum atomic E-state index is -0.154. The topological polar surface area (TPSA) is 0 Å². The average Bonchev–Trinajstić information content (AvgIpc) is 2.74. The third-order valence-electron chi connectivity index (χ3n) is 7.00. The van der Waals surface area contributed by atoms with Crippen LogP contribution in [0.5, 0.6) is 0 Å². The van der Waals surface area contributed by atoms with E-state index in [-0.39, 0.29) is 11.6 Å². The normalized spacial score (nSPS) is 21.6. The van der Waals surface area contributed by atoms with Crippen molar-refractivity contribution >= 4 is 11.6 Å². The van der Waals surface area contributed by atoms with Crippen molar-refractivity contribution in [3.8, 4) is 0 Å². The van der Waals surface area contributed by atoms with Gasteiger partial charge in [-0.1, -0.05) is 62.9 Å². The molecule has 0 saturated heterocycles. The Balaban J connectivity index is 1.44. The zero-order valence-corrected chi connectivity index (χ0v) is 17.5. The Morgan fingerprint density at radius 3 is 2.48 bits per heavy atom. The van der Waals surface area contributed by atoms with Crippen molar-refractivity contribution in [3.63, 3.8) is 0 Å². The summed E-state index contributed by atoms with van der Waals surface area (Å²) in [6, 6.07) is 11.0. The van der Waals surface area contributed by atoms with Crippen molar-refractivity contribution in [1.82, 2.24) is 0 Å². The first kappa shape index (κ1) is 20.3. The highest BCUT2D eigenvalue weighted by atomic mass is 19.1. The van der Waals surface area contributed by atoms with Gasteiger partial charge in [-0.05, 0) is 84.8 Å². The molecule has 2 aromatic rings. The predicted octanol–water partition coefficient (Wildman–Crippen LogP) is 8.31. The second kappa shape index (κ2) is 9.24. The van der Waals surface area contributed by atoms with Crippen LogP contribution in [0.1, 0.15) is 92.9 Å². The lowest BCUT2D eigenvalue weighted by atomic mass is 9.76. The van der Waals surface area contributed by atoms with Crippen molar-refractivity contribution in [2.75, 3.05) is 0 Å². The predicted molar refractivity (Wildman–Crippen MR) is 118 cm³/mol. The Morgan fingerprint density at radius 2 is 1.72 bits per heavy atom. The average molecular weight is 395 g/mol. The van der Waals surface area contributed by atoms with Gasteiger partial charge in [-0.15, -0.1) is 0 Å². The van der Waals surface area contributed by atoms with Gasteiger partial charge in [0.25, 0.3) is 0 Å². The van der Waals surface area contributed by atoms with E-state index in [1.165, 1.54) is 57.4 Å². The van der Waals surface area contributed by atoms with Crippen molar-refractivity contribution in [3.05, 3.63) is 70.3 Å². The van der Waals surface area contributed by atoms with Gasteiger partial charge >= 0.3 is 0 Å². The standard InChI is InChI=1S/C27H32F2/c1-2-3-4-6-19-9-11-20(12-10-19)21-13-15-25(27(29)18-21)23-14-16-24-22(17-23)7-5-8-26(24)28/h5,7-8,13,15,17-20H,2-4,6,9-12,14,16H2,1H3. The molecule has 0 spiro atoms. The fourth-order valence-corrected chi connectivity index (χ4v) is 5.22. The molecule has 2 aromatic carbocycles. The van der Waals surface area contributed by atoms with Crippen molar-refractivity contribution < 1.29 is 8.78 Å². The molecule has 0 aromatic heterocycles. The lowest BCUT2D eigenvalue weighted by Crippen LogP contribution is -2.13. The Morgan fingerprint density at radius 1 is 0.897 bits per heavy atom. The van der Waals surface area contributed by atoms with Crippen LogP contribution in [0.25, 0.3) is 11.6 Å². The molecule has 0 unspecified atom stereocenters. The summed E-state index contributed by atoms with van der Waals surface area (Å²) in [5, 5.41) is 0. The molecule has 0 nitrogen and oxygen atoms in total. The number of unbranched alkanes of at least 4 members (excludes halogenated alkanes) is 2. The summed E-state index contributed by atoms with van der Waals surface area (Å²) in [5.41, 5.74) is 4.45. The molecule has 0 N–H and O–H groups in total. The van der Waals surface area contributed by atoms with E-state index in [1.807, 2.05) is 18.2 Å². The maximum Gasteiger partial charge on any atom is 0.130 e. The minimum Gasteiger partial charge on any atom is -0.207 e. The molecule has 154 valence electrons. The number of hydrogen-bond donors (Lipinski definition) is 0. The molecule has 0 amide bonds. The fraction of sp³-hybridized carbons (Fsp3) is 0.481. The number of benzene rings is 2. The van der Waals surface area contributed by atoms with Crippen LogP contribution in [-0.2, 0) is 6.42 Å². The largest absolute Gasteiger partial charge is 0.207 e. The van der Waals surface area contributed by atoms with Crippen LogP contribution in [0.3, 0.4) is 0 Å². The monoisotopic (exact) mass is 394 g/mol. The number of rotatable bonds is 6. The van der Waals surface area contributed by atoms with E-state index in [9.17, 15) is 4.39 Å². The van der Waals surface area contributed by atoms with Crippen LogP contribution < -0.4 is 0 Å². The number of fused-ring (bicyclic) bond motifs is 1. The number of hydrogen-bond acceptors (Lipinski definition) is 0. The molecule has 0 bridgehead atoms. The molecule has 1 fully saturated rings. The van der Waals surface area contributed by atoms with E-state index in [1.54, 1.807) is 12.1 Å². The van der Waals surface area contributed by atoms with Gasteiger partial charge in [-0.25, -0.2) is 8.78 Å². The van der Waals surface area contributed by atoms with Gasteiger partial charge in [0, 0.05) is 5.56 Å². The maximum absolute atomic E-state index is 15.0. The zero-order chi connectivity index (χ0) is 20.2. The summed E-state index contributed by atoms with van der Waals surface area (Å²) in [6.45, 7) is 2.26. The van der Waals surface area contributed by atoms with Crippen LogP contribution in [0, 0.1) is 17.6 Å². The Labute approximate surface area is 174 Å². The van der Waals surface area contributed by atoms with Gasteiger partial charge in [0.05, 0.1) is 0 Å². The van der Waals surface area contributed by atoms with Crippen LogP contribution in [0.15, 0.2) is 36.4 Å². The molecule has 4 rings (SSSR count). The first-order valence-corrected chi connectivity index (χ1v) is 11.4. The molecular formula is C27H32F2. The number of halogens is 2. The fourth-order valence-electron chi connectivity index (χ4n) is 5.22. The highest BCUT2D eigenvalue weighted by Gasteiger charge is 2.23. The number of allylic oxidation sites excluding steroid dienone is 1. The second-order valence-electron chi connectivity index (χ2n) is 8.93. The summed E-state index contributed by atoms with van der Waals surface area (Å²) in [7, 11) is 0. The Bertz CT molecular complexity index is 872. The molecule has 0 heterocycles. The maximum atomic E-state index is 15.0. The van der Waals surface area contributed by atoms with Gasteiger partial charge in [-0.2, -0.15) is 0 Å². The van der Waals surface area contributed by atoms with Gasteiger partial charge in [0.2, 0.25) is 0 Å². The molecule has 2 aliphatic carbocycles. The van der Waals surface area contributed by atoms with E-state index < -0.39 is 0 Å².